The number of aliphatic hydroxyl groups is 1. The fraction of sp³-hybridized carbons (Fsp3) is 0.960. The van der Waals surface area contributed by atoms with E-state index in [0.717, 1.165) is 37.0 Å². The lowest BCUT2D eigenvalue weighted by molar-refractivity contribution is -0.141. The fourth-order valence-corrected chi connectivity index (χ4v) is 8.78. The number of carbonyl (C=O) groups excluding carboxylic acids is 1. The van der Waals surface area contributed by atoms with Crippen LogP contribution in [0.25, 0.3) is 0 Å². The van der Waals surface area contributed by atoms with Crippen LogP contribution >= 0.6 is 0 Å². The van der Waals surface area contributed by atoms with Gasteiger partial charge in [0.1, 0.15) is 5.78 Å². The van der Waals surface area contributed by atoms with Crippen molar-refractivity contribution >= 4 is 5.78 Å². The molecule has 0 unspecified atom stereocenters. The van der Waals surface area contributed by atoms with Crippen LogP contribution in [0.3, 0.4) is 0 Å². The zero-order valence-electron chi connectivity index (χ0n) is 18.2. The van der Waals surface area contributed by atoms with E-state index in [0.29, 0.717) is 23.0 Å². The maximum Gasteiger partial charge on any atom is 0.133 e. The van der Waals surface area contributed by atoms with Gasteiger partial charge in [-0.15, -0.1) is 0 Å². The molecular weight excluding hydrogens is 332 g/mol. The molecule has 0 aromatic carbocycles. The highest BCUT2D eigenvalue weighted by Crippen LogP contribution is 2.66. The van der Waals surface area contributed by atoms with Crippen LogP contribution in [0, 0.1) is 40.4 Å². The van der Waals surface area contributed by atoms with E-state index in [1.54, 1.807) is 0 Å². The van der Waals surface area contributed by atoms with Crippen molar-refractivity contribution < 1.29 is 9.90 Å². The van der Waals surface area contributed by atoms with E-state index in [1.165, 1.54) is 57.8 Å². The lowest BCUT2D eigenvalue weighted by Gasteiger charge is -2.61. The van der Waals surface area contributed by atoms with E-state index in [2.05, 4.69) is 20.8 Å². The second-order valence-electron chi connectivity index (χ2n) is 11.7. The molecular formula is C25H42O2. The van der Waals surface area contributed by atoms with Crippen LogP contribution in [0.1, 0.15) is 105 Å². The topological polar surface area (TPSA) is 37.3 Å². The van der Waals surface area contributed by atoms with E-state index in [-0.39, 0.29) is 5.41 Å². The Kier molecular flexibility index (Phi) is 5.06. The first kappa shape index (κ1) is 19.9. The molecule has 2 nitrogen and oxygen atoms in total. The summed E-state index contributed by atoms with van der Waals surface area (Å²) in [5, 5.41) is 10.8. The van der Waals surface area contributed by atoms with Crippen LogP contribution < -0.4 is 0 Å². The lowest BCUT2D eigenvalue weighted by atomic mass is 9.44. The quantitative estimate of drug-likeness (QED) is 0.597. The summed E-state index contributed by atoms with van der Waals surface area (Å²) in [5.74, 6) is 3.81. The van der Waals surface area contributed by atoms with Gasteiger partial charge in [0.15, 0.2) is 0 Å². The molecule has 8 atom stereocenters. The number of ketones is 1. The second kappa shape index (κ2) is 6.85. The monoisotopic (exact) mass is 374 g/mol. The number of carbonyl (C=O) groups is 1. The molecule has 0 aromatic rings. The molecule has 0 spiro atoms. The summed E-state index contributed by atoms with van der Waals surface area (Å²) in [4.78, 5) is 12.6. The Morgan fingerprint density at radius 1 is 0.815 bits per heavy atom. The van der Waals surface area contributed by atoms with E-state index >= 15 is 0 Å². The van der Waals surface area contributed by atoms with E-state index in [4.69, 9.17) is 0 Å². The fourth-order valence-electron chi connectivity index (χ4n) is 8.78. The largest absolute Gasteiger partial charge is 0.390 e. The van der Waals surface area contributed by atoms with Crippen molar-refractivity contribution in [1.82, 2.24) is 0 Å². The minimum Gasteiger partial charge on any atom is -0.390 e. The molecule has 4 saturated carbocycles. The van der Waals surface area contributed by atoms with Gasteiger partial charge in [0.05, 0.1) is 5.60 Å². The Balaban J connectivity index is 1.65. The maximum atomic E-state index is 12.6. The highest BCUT2D eigenvalue weighted by atomic mass is 16.3. The number of fused-ring (bicyclic) bond motifs is 5. The molecule has 4 rings (SSSR count). The summed E-state index contributed by atoms with van der Waals surface area (Å²) in [5.41, 5.74) is 0.187. The SMILES string of the molecule is CC(=O)[C@H]1CCCC[C@H]2[C@@H]3CC[C@@H]4C[C@](C)(O)CCC[C@]4(C)[C@H]3CC[C@]12C. The van der Waals surface area contributed by atoms with Crippen molar-refractivity contribution in [3.63, 3.8) is 0 Å². The van der Waals surface area contributed by atoms with Gasteiger partial charge in [0.2, 0.25) is 0 Å². The van der Waals surface area contributed by atoms with Gasteiger partial charge in [0.25, 0.3) is 0 Å². The van der Waals surface area contributed by atoms with Crippen molar-refractivity contribution in [1.29, 1.82) is 0 Å². The highest BCUT2D eigenvalue weighted by Gasteiger charge is 2.58. The van der Waals surface area contributed by atoms with Crippen molar-refractivity contribution in [3.05, 3.63) is 0 Å². The standard InChI is InChI=1S/C25H42O2/c1-17(26)20-8-5-6-9-21-19-11-10-18-16-23(2,27)13-7-14-24(18,3)22(19)12-15-25(20,21)4/h18-22,27H,5-16H2,1-4H3/t18-,19+,20-,21+,22+,23-,24+,25-/m1/s1. The maximum absolute atomic E-state index is 12.6. The van der Waals surface area contributed by atoms with Gasteiger partial charge < -0.3 is 5.11 Å². The van der Waals surface area contributed by atoms with E-state index in [9.17, 15) is 9.90 Å². The molecule has 4 aliphatic carbocycles. The highest BCUT2D eigenvalue weighted by molar-refractivity contribution is 5.79. The molecule has 0 bridgehead atoms. The van der Waals surface area contributed by atoms with E-state index < -0.39 is 5.60 Å². The summed E-state index contributed by atoms with van der Waals surface area (Å²) in [6.07, 6.45) is 14.7. The molecule has 0 aliphatic heterocycles. The van der Waals surface area contributed by atoms with Crippen molar-refractivity contribution in [2.24, 2.45) is 40.4 Å². The zero-order valence-corrected chi connectivity index (χ0v) is 18.2. The van der Waals surface area contributed by atoms with Gasteiger partial charge in [-0.3, -0.25) is 4.79 Å². The number of hydrogen-bond acceptors (Lipinski definition) is 2. The van der Waals surface area contributed by atoms with E-state index in [1.807, 2.05) is 6.92 Å². The molecule has 4 aliphatic rings. The van der Waals surface area contributed by atoms with Crippen LogP contribution in [0.2, 0.25) is 0 Å². The average molecular weight is 375 g/mol. The van der Waals surface area contributed by atoms with Crippen LogP contribution in [0.15, 0.2) is 0 Å². The zero-order chi connectivity index (χ0) is 19.4. The predicted octanol–water partition coefficient (Wildman–Crippen LogP) is 6.16. The van der Waals surface area contributed by atoms with Crippen LogP contribution in [0.4, 0.5) is 0 Å². The minimum atomic E-state index is -0.458. The number of rotatable bonds is 1. The van der Waals surface area contributed by atoms with Gasteiger partial charge in [0, 0.05) is 5.92 Å². The minimum absolute atomic E-state index is 0.239. The molecule has 2 heteroatoms. The van der Waals surface area contributed by atoms with Gasteiger partial charge >= 0.3 is 0 Å². The summed E-state index contributed by atoms with van der Waals surface area (Å²) >= 11 is 0. The van der Waals surface area contributed by atoms with Gasteiger partial charge in [-0.2, -0.15) is 0 Å². The average Bonchev–Trinajstić information content (AvgIpc) is 2.82. The third-order valence-corrected chi connectivity index (χ3v) is 10.2. The van der Waals surface area contributed by atoms with Gasteiger partial charge in [-0.25, -0.2) is 0 Å². The molecule has 0 heterocycles. The molecule has 1 N–H and O–H groups in total. The number of Topliss-reactive ketones (excluding diaryl/α,β-unsaturated/α-hetero) is 1. The Hall–Kier alpha value is -0.370. The smallest absolute Gasteiger partial charge is 0.133 e. The Morgan fingerprint density at radius 3 is 2.26 bits per heavy atom. The Morgan fingerprint density at radius 2 is 1.52 bits per heavy atom. The van der Waals surface area contributed by atoms with Crippen molar-refractivity contribution in [3.8, 4) is 0 Å². The molecule has 27 heavy (non-hydrogen) atoms. The first-order chi connectivity index (χ1) is 12.7. The third kappa shape index (κ3) is 3.22. The van der Waals surface area contributed by atoms with Gasteiger partial charge in [-0.05, 0) is 106 Å². The predicted molar refractivity (Wildman–Crippen MR) is 110 cm³/mol. The van der Waals surface area contributed by atoms with Crippen LogP contribution in [-0.2, 0) is 4.79 Å². The lowest BCUT2D eigenvalue weighted by Crippen LogP contribution is -2.54. The summed E-state index contributed by atoms with van der Waals surface area (Å²) in [6.45, 7) is 9.00. The molecule has 154 valence electrons. The molecule has 0 saturated heterocycles. The molecule has 4 fully saturated rings. The van der Waals surface area contributed by atoms with Crippen molar-refractivity contribution in [2.75, 3.05) is 0 Å². The second-order valence-corrected chi connectivity index (χ2v) is 11.7. The first-order valence-corrected chi connectivity index (χ1v) is 11.9. The number of hydrogen-bond donors (Lipinski definition) is 1. The molecule has 0 aromatic heterocycles. The Labute approximate surface area is 166 Å². The summed E-state index contributed by atoms with van der Waals surface area (Å²) in [7, 11) is 0. The van der Waals surface area contributed by atoms with Crippen LogP contribution in [-0.4, -0.2) is 16.5 Å². The summed E-state index contributed by atoms with van der Waals surface area (Å²) in [6, 6.07) is 0. The van der Waals surface area contributed by atoms with Crippen LogP contribution in [0.5, 0.6) is 0 Å². The van der Waals surface area contributed by atoms with Crippen molar-refractivity contribution in [2.45, 2.75) is 110 Å². The normalized spacial score (nSPS) is 53.3. The third-order valence-electron chi connectivity index (χ3n) is 10.2. The van der Waals surface area contributed by atoms with Gasteiger partial charge in [-0.1, -0.05) is 33.1 Å². The summed E-state index contributed by atoms with van der Waals surface area (Å²) < 4.78 is 0. The Bertz CT molecular complexity index is 581. The molecule has 0 radical (unpaired) electrons. The molecule has 0 amide bonds. The first-order valence-electron chi connectivity index (χ1n) is 11.9.